The highest BCUT2D eigenvalue weighted by atomic mass is 35.5. The van der Waals surface area contributed by atoms with Crippen molar-refractivity contribution in [2.75, 3.05) is 16.0 Å². The highest BCUT2D eigenvalue weighted by Crippen LogP contribution is 2.45. The van der Waals surface area contributed by atoms with E-state index in [2.05, 4.69) is 31.2 Å². The number of anilines is 5. The maximum Gasteiger partial charge on any atom is 0.416 e. The number of amides is 2. The number of para-hydroxylation sites is 2. The van der Waals surface area contributed by atoms with Gasteiger partial charge in [0.25, 0.3) is 11.8 Å². The number of aromatic nitrogens is 4. The largest absolute Gasteiger partial charge is 0.486 e. The number of benzene rings is 6. The maximum absolute atomic E-state index is 14.5. The molecule has 0 saturated carbocycles. The Kier molecular flexibility index (Phi) is 12.7. The molecule has 2 amide bonds. The standard InChI is InChI=1S/C27H24ClF3N4O2.C27H26F2N4O2/c1-14-7-6-10-19(28)21(14)34-25-33-20-11-16(23-17(22(20)35-25)12-26(2,3)37-23)24(36)32-13-15-8-4-5-9-18(15)27(29,30)31;1-14-9-10-18(28)20(11-14)30-25(34)16-12-21-23(17-13-27(3,4)35-24(16)17)33(5)26(31-21)32-22-15(2)7-6-8-19(22)29/h4-11H,12-13H2,1-3H3,(H,32,36)(H2,33,34,35);6-12H,13H2,1-5H3,(H,30,34)(H,31,32). The van der Waals surface area contributed by atoms with Crippen LogP contribution >= 0.6 is 11.6 Å². The Bertz CT molecular complexity index is 3450. The van der Waals surface area contributed by atoms with Gasteiger partial charge in [-0.1, -0.05) is 60.1 Å². The van der Waals surface area contributed by atoms with Gasteiger partial charge >= 0.3 is 6.18 Å². The Balaban J connectivity index is 0.000000178. The van der Waals surface area contributed by atoms with Crippen LogP contribution in [0.3, 0.4) is 0 Å². The molecule has 0 saturated heterocycles. The van der Waals surface area contributed by atoms with Crippen LogP contribution in [-0.4, -0.2) is 42.5 Å². The zero-order valence-electron chi connectivity index (χ0n) is 40.5. The van der Waals surface area contributed by atoms with Gasteiger partial charge in [0.15, 0.2) is 0 Å². The van der Waals surface area contributed by atoms with E-state index in [1.54, 1.807) is 36.4 Å². The number of aryl methyl sites for hydroxylation is 4. The van der Waals surface area contributed by atoms with Gasteiger partial charge in [-0.3, -0.25) is 9.59 Å². The highest BCUT2D eigenvalue weighted by molar-refractivity contribution is 6.33. The lowest BCUT2D eigenvalue weighted by molar-refractivity contribution is -0.138. The van der Waals surface area contributed by atoms with Crippen LogP contribution in [0.25, 0.3) is 22.1 Å². The zero-order chi connectivity index (χ0) is 51.6. The number of aromatic amines is 1. The van der Waals surface area contributed by atoms with E-state index in [-0.39, 0.29) is 34.7 Å². The molecule has 8 aromatic rings. The molecule has 0 unspecified atom stereocenters. The van der Waals surface area contributed by atoms with Gasteiger partial charge in [0.05, 0.1) is 60.8 Å². The van der Waals surface area contributed by atoms with Gasteiger partial charge in [-0.05, 0) is 113 Å². The van der Waals surface area contributed by atoms with Crippen LogP contribution in [0, 0.1) is 32.4 Å². The molecular weight excluding hydrogens is 955 g/mol. The van der Waals surface area contributed by atoms with Gasteiger partial charge in [0, 0.05) is 37.6 Å². The maximum atomic E-state index is 14.5. The molecular formula is C54H50ClF5N8O4. The van der Waals surface area contributed by atoms with Crippen molar-refractivity contribution in [3.63, 3.8) is 0 Å². The number of fused-ring (bicyclic) bond motifs is 6. The zero-order valence-corrected chi connectivity index (χ0v) is 41.3. The molecule has 0 bridgehead atoms. The van der Waals surface area contributed by atoms with E-state index in [4.69, 9.17) is 26.1 Å². The normalized spacial score (nSPS) is 14.2. The number of carbonyl (C=O) groups is 2. The number of nitrogens with zero attached hydrogens (tertiary/aromatic N) is 3. The SMILES string of the molecule is Cc1ccc(F)c(NC(=O)c2cc3nc(Nc4c(C)cccc4F)n(C)c3c3c2OC(C)(C)C3)c1.Cc1cccc(Cl)c1Nc1nc2c3c(c(C(=O)NCc4ccccc4C(F)(F)F)cc2[nH]1)OC(C)(C)C3. The lowest BCUT2D eigenvalue weighted by atomic mass is 9.98. The predicted octanol–water partition coefficient (Wildman–Crippen LogP) is 13.1. The van der Waals surface area contributed by atoms with E-state index in [0.717, 1.165) is 39.4 Å². The molecule has 0 spiro atoms. The first-order chi connectivity index (χ1) is 34.0. The number of ether oxygens (including phenoxy) is 2. The van der Waals surface area contributed by atoms with Gasteiger partial charge in [0.2, 0.25) is 11.9 Å². The van der Waals surface area contributed by atoms with Gasteiger partial charge in [-0.2, -0.15) is 13.2 Å². The van der Waals surface area contributed by atoms with Crippen molar-refractivity contribution in [2.45, 2.75) is 85.2 Å². The molecule has 0 atom stereocenters. The number of H-pyrrole nitrogens is 1. The van der Waals surface area contributed by atoms with E-state index in [0.29, 0.717) is 69.2 Å². The summed E-state index contributed by atoms with van der Waals surface area (Å²) in [6.07, 6.45) is -3.46. The van der Waals surface area contributed by atoms with Gasteiger partial charge in [-0.25, -0.2) is 18.7 Å². The molecule has 0 fully saturated rings. The van der Waals surface area contributed by atoms with Crippen LogP contribution in [0.1, 0.15) is 87.4 Å². The lowest BCUT2D eigenvalue weighted by Crippen LogP contribution is -2.27. The fraction of sp³-hybridized carbons (Fsp3) is 0.259. The van der Waals surface area contributed by atoms with E-state index in [9.17, 15) is 31.5 Å². The van der Waals surface area contributed by atoms with Gasteiger partial charge in [0.1, 0.15) is 34.3 Å². The average Bonchev–Trinajstić information content (AvgIpc) is 4.05. The molecule has 2 aromatic heterocycles. The first-order valence-corrected chi connectivity index (χ1v) is 23.4. The van der Waals surface area contributed by atoms with Crippen molar-refractivity contribution >= 4 is 74.4 Å². The van der Waals surface area contributed by atoms with Crippen molar-refractivity contribution in [1.29, 1.82) is 0 Å². The molecule has 18 heteroatoms. The molecule has 10 rings (SSSR count). The van der Waals surface area contributed by atoms with E-state index >= 15 is 0 Å². The smallest absolute Gasteiger partial charge is 0.416 e. The van der Waals surface area contributed by atoms with Crippen molar-refractivity contribution < 1.29 is 41.0 Å². The fourth-order valence-electron chi connectivity index (χ4n) is 9.15. The van der Waals surface area contributed by atoms with Gasteiger partial charge in [-0.15, -0.1) is 0 Å². The van der Waals surface area contributed by atoms with E-state index in [1.165, 1.54) is 30.3 Å². The van der Waals surface area contributed by atoms with Crippen molar-refractivity contribution in [2.24, 2.45) is 7.05 Å². The van der Waals surface area contributed by atoms with E-state index in [1.807, 2.05) is 78.3 Å². The number of hydrogen-bond donors (Lipinski definition) is 5. The minimum absolute atomic E-state index is 0.0227. The van der Waals surface area contributed by atoms with Crippen molar-refractivity contribution in [3.05, 3.63) is 158 Å². The topological polar surface area (TPSA) is 147 Å². The second-order valence-electron chi connectivity index (χ2n) is 19.3. The Morgan fingerprint density at radius 2 is 1.42 bits per heavy atom. The monoisotopic (exact) mass is 1000 g/mol. The Labute approximate surface area is 416 Å². The number of nitrogens with one attached hydrogen (secondary N) is 5. The quantitative estimate of drug-likeness (QED) is 0.0898. The van der Waals surface area contributed by atoms with Crippen LogP contribution in [0.5, 0.6) is 11.5 Å². The summed E-state index contributed by atoms with van der Waals surface area (Å²) in [5, 5.41) is 12.1. The molecule has 12 nitrogen and oxygen atoms in total. The summed E-state index contributed by atoms with van der Waals surface area (Å²) in [6, 6.07) is 23.4. The number of alkyl halides is 3. The Hall–Kier alpha value is -7.66. The van der Waals surface area contributed by atoms with Gasteiger partial charge < -0.3 is 40.3 Å². The summed E-state index contributed by atoms with van der Waals surface area (Å²) in [6.45, 7) is 13.0. The first-order valence-electron chi connectivity index (χ1n) is 23.0. The van der Waals surface area contributed by atoms with Crippen LogP contribution in [0.4, 0.5) is 50.9 Å². The van der Waals surface area contributed by atoms with Crippen molar-refractivity contribution in [1.82, 2.24) is 24.8 Å². The summed E-state index contributed by atoms with van der Waals surface area (Å²) in [7, 11) is 1.83. The number of imidazole rings is 2. The predicted molar refractivity (Wildman–Crippen MR) is 269 cm³/mol. The average molecular weight is 1010 g/mol. The Morgan fingerprint density at radius 1 is 0.764 bits per heavy atom. The lowest BCUT2D eigenvalue weighted by Gasteiger charge is -2.18. The molecule has 6 aromatic carbocycles. The van der Waals surface area contributed by atoms with Crippen LogP contribution in [0.2, 0.25) is 5.02 Å². The first kappa shape index (κ1) is 49.3. The fourth-order valence-corrected chi connectivity index (χ4v) is 9.42. The number of carbonyl (C=O) groups excluding carboxylic acids is 2. The summed E-state index contributed by atoms with van der Waals surface area (Å²) < 4.78 is 83.1. The second kappa shape index (κ2) is 18.5. The number of hydrogen-bond acceptors (Lipinski definition) is 8. The molecule has 0 aliphatic carbocycles. The second-order valence-corrected chi connectivity index (χ2v) is 19.7. The summed E-state index contributed by atoms with van der Waals surface area (Å²) in [5.74, 6) is -0.234. The molecule has 0 radical (unpaired) electrons. The van der Waals surface area contributed by atoms with Crippen LogP contribution in [0.15, 0.2) is 91.0 Å². The molecule has 372 valence electrons. The summed E-state index contributed by atoms with van der Waals surface area (Å²) >= 11 is 6.35. The molecule has 2 aliphatic rings. The molecule has 2 aliphatic heterocycles. The molecule has 4 heterocycles. The Morgan fingerprint density at radius 3 is 2.11 bits per heavy atom. The van der Waals surface area contributed by atoms with E-state index < -0.39 is 40.6 Å². The van der Waals surface area contributed by atoms with Crippen LogP contribution < -0.4 is 30.7 Å². The molecule has 5 N–H and O–H groups in total. The number of rotatable bonds is 9. The summed E-state index contributed by atoms with van der Waals surface area (Å²) in [5.41, 5.74) is 6.37. The number of halogens is 6. The van der Waals surface area contributed by atoms with Crippen molar-refractivity contribution in [3.8, 4) is 11.5 Å². The minimum atomic E-state index is -4.52. The third-order valence-electron chi connectivity index (χ3n) is 12.5. The third kappa shape index (κ3) is 9.72. The minimum Gasteiger partial charge on any atom is -0.486 e. The third-order valence-corrected chi connectivity index (χ3v) is 12.9. The highest BCUT2D eigenvalue weighted by Gasteiger charge is 2.39. The van der Waals surface area contributed by atoms with Crippen LogP contribution in [-0.2, 0) is 32.6 Å². The molecule has 72 heavy (non-hydrogen) atoms. The summed E-state index contributed by atoms with van der Waals surface area (Å²) in [4.78, 5) is 39.1.